The quantitative estimate of drug-likeness (QED) is 0.836. The molecular weight excluding hydrogens is 300 g/mol. The molecule has 4 nitrogen and oxygen atoms in total. The second-order valence-corrected chi connectivity index (χ2v) is 9.07. The van der Waals surface area contributed by atoms with E-state index in [4.69, 9.17) is 4.52 Å². The predicted molar refractivity (Wildman–Crippen MR) is 92.6 cm³/mol. The summed E-state index contributed by atoms with van der Waals surface area (Å²) in [5, 5.41) is 4.01. The Bertz CT molecular complexity index is 593. The largest absolute Gasteiger partial charge is 0.361 e. The molecule has 0 radical (unpaired) electrons. The highest BCUT2D eigenvalue weighted by molar-refractivity contribution is 5.83. The molecule has 1 heterocycles. The third kappa shape index (κ3) is 2.58. The van der Waals surface area contributed by atoms with E-state index in [0.717, 1.165) is 41.3 Å². The maximum absolute atomic E-state index is 13.0. The molecule has 5 rings (SSSR count). The highest BCUT2D eigenvalue weighted by Crippen LogP contribution is 2.60. The molecule has 1 aromatic rings. The number of amides is 1. The van der Waals surface area contributed by atoms with Gasteiger partial charge < -0.3 is 9.42 Å². The molecule has 4 fully saturated rings. The van der Waals surface area contributed by atoms with Crippen LogP contribution in [-0.4, -0.2) is 29.6 Å². The normalized spacial score (nSPS) is 35.2. The summed E-state index contributed by atoms with van der Waals surface area (Å²) in [6, 6.07) is 0. The molecule has 4 bridgehead atoms. The van der Waals surface area contributed by atoms with Crippen LogP contribution in [0, 0.1) is 37.0 Å². The van der Waals surface area contributed by atoms with Gasteiger partial charge in [0.1, 0.15) is 5.76 Å². The Morgan fingerprint density at radius 2 is 1.75 bits per heavy atom. The van der Waals surface area contributed by atoms with Crippen LogP contribution >= 0.6 is 0 Å². The predicted octanol–water partition coefficient (Wildman–Crippen LogP) is 4.07. The Hall–Kier alpha value is -1.32. The van der Waals surface area contributed by atoms with Gasteiger partial charge in [0.05, 0.1) is 11.6 Å². The summed E-state index contributed by atoms with van der Waals surface area (Å²) >= 11 is 0. The van der Waals surface area contributed by atoms with E-state index in [2.05, 4.69) is 5.16 Å². The lowest BCUT2D eigenvalue weighted by molar-refractivity contribution is -0.136. The van der Waals surface area contributed by atoms with Crippen molar-refractivity contribution in [1.82, 2.24) is 10.1 Å². The monoisotopic (exact) mass is 330 g/mol. The molecule has 4 heteroatoms. The summed E-state index contributed by atoms with van der Waals surface area (Å²) in [4.78, 5) is 15.0. The van der Waals surface area contributed by atoms with Crippen LogP contribution in [0.3, 0.4) is 0 Å². The molecule has 0 aliphatic heterocycles. The lowest BCUT2D eigenvalue weighted by Crippen LogP contribution is -2.51. The SMILES string of the molecule is Cc1noc(C)c1C(C)C(=O)N(C)CC12CC3CC(CC(C3)C1)C2. The van der Waals surface area contributed by atoms with Crippen molar-refractivity contribution >= 4 is 5.91 Å². The number of hydrogen-bond acceptors (Lipinski definition) is 3. The average Bonchev–Trinajstić information content (AvgIpc) is 2.83. The van der Waals surface area contributed by atoms with Gasteiger partial charge >= 0.3 is 0 Å². The smallest absolute Gasteiger partial charge is 0.229 e. The number of carbonyl (C=O) groups excluding carboxylic acids is 1. The van der Waals surface area contributed by atoms with Crippen molar-refractivity contribution < 1.29 is 9.32 Å². The minimum atomic E-state index is -0.171. The Morgan fingerprint density at radius 1 is 1.21 bits per heavy atom. The molecule has 1 unspecified atom stereocenters. The van der Waals surface area contributed by atoms with Crippen LogP contribution in [0.25, 0.3) is 0 Å². The Balaban J connectivity index is 1.48. The van der Waals surface area contributed by atoms with Gasteiger partial charge in [0.2, 0.25) is 5.91 Å². The highest BCUT2D eigenvalue weighted by Gasteiger charge is 2.51. The number of likely N-dealkylation sites (N-methyl/N-ethyl adjacent to an activating group) is 1. The van der Waals surface area contributed by atoms with E-state index in [1.807, 2.05) is 32.7 Å². The summed E-state index contributed by atoms with van der Waals surface area (Å²) < 4.78 is 5.26. The van der Waals surface area contributed by atoms with E-state index in [9.17, 15) is 4.79 Å². The Morgan fingerprint density at radius 3 is 2.21 bits per heavy atom. The molecule has 0 N–H and O–H groups in total. The van der Waals surface area contributed by atoms with E-state index < -0.39 is 0 Å². The lowest BCUT2D eigenvalue weighted by Gasteiger charge is -2.57. The lowest BCUT2D eigenvalue weighted by atomic mass is 9.49. The molecule has 4 aliphatic rings. The Labute approximate surface area is 145 Å². The standard InChI is InChI=1S/C20H30N2O2/c1-12(18-13(2)21-24-14(18)3)19(23)22(4)11-20-8-15-5-16(9-20)7-17(6-15)10-20/h12,15-17H,5-11H2,1-4H3. The maximum Gasteiger partial charge on any atom is 0.229 e. The fourth-order valence-corrected chi connectivity index (χ4v) is 6.63. The van der Waals surface area contributed by atoms with Crippen molar-refractivity contribution in [3.05, 3.63) is 17.0 Å². The Kier molecular flexibility index (Phi) is 3.77. The molecule has 132 valence electrons. The van der Waals surface area contributed by atoms with Gasteiger partial charge in [0, 0.05) is 19.2 Å². The number of aryl methyl sites for hydroxylation is 2. The molecule has 1 aromatic heterocycles. The van der Waals surface area contributed by atoms with Crippen molar-refractivity contribution in [1.29, 1.82) is 0 Å². The first kappa shape index (κ1) is 16.2. The second-order valence-electron chi connectivity index (χ2n) is 9.07. The first-order valence-corrected chi connectivity index (χ1v) is 9.54. The van der Waals surface area contributed by atoms with Crippen LogP contribution < -0.4 is 0 Å². The fourth-order valence-electron chi connectivity index (χ4n) is 6.63. The van der Waals surface area contributed by atoms with Crippen LogP contribution in [-0.2, 0) is 4.79 Å². The van der Waals surface area contributed by atoms with Crippen LogP contribution in [0.2, 0.25) is 0 Å². The molecular formula is C20H30N2O2. The molecule has 0 aromatic carbocycles. The molecule has 0 saturated heterocycles. The molecule has 1 amide bonds. The fraction of sp³-hybridized carbons (Fsp3) is 0.800. The second kappa shape index (κ2) is 5.60. The summed E-state index contributed by atoms with van der Waals surface area (Å²) in [6.07, 6.45) is 8.38. The molecule has 1 atom stereocenters. The van der Waals surface area contributed by atoms with Gasteiger partial charge in [0.15, 0.2) is 0 Å². The van der Waals surface area contributed by atoms with Crippen molar-refractivity contribution in [2.45, 2.75) is 65.2 Å². The summed E-state index contributed by atoms with van der Waals surface area (Å²) in [5.41, 5.74) is 2.21. The van der Waals surface area contributed by atoms with Gasteiger partial charge in [-0.2, -0.15) is 0 Å². The topological polar surface area (TPSA) is 46.3 Å². The number of aromatic nitrogens is 1. The summed E-state index contributed by atoms with van der Waals surface area (Å²) in [5.74, 6) is 3.60. The third-order valence-electron chi connectivity index (χ3n) is 7.01. The summed E-state index contributed by atoms with van der Waals surface area (Å²) in [7, 11) is 2.00. The summed E-state index contributed by atoms with van der Waals surface area (Å²) in [6.45, 7) is 6.75. The number of rotatable bonds is 4. The first-order valence-electron chi connectivity index (χ1n) is 9.54. The average molecular weight is 330 g/mol. The zero-order valence-corrected chi connectivity index (χ0v) is 15.5. The zero-order valence-electron chi connectivity index (χ0n) is 15.5. The van der Waals surface area contributed by atoms with Crippen LogP contribution in [0.15, 0.2) is 4.52 Å². The van der Waals surface area contributed by atoms with E-state index in [1.54, 1.807) is 0 Å². The molecule has 4 aliphatic carbocycles. The number of nitrogens with zero attached hydrogens (tertiary/aromatic N) is 2. The van der Waals surface area contributed by atoms with Gasteiger partial charge in [-0.3, -0.25) is 4.79 Å². The van der Waals surface area contributed by atoms with Gasteiger partial charge in [-0.05, 0) is 82.5 Å². The molecule has 24 heavy (non-hydrogen) atoms. The van der Waals surface area contributed by atoms with Crippen LogP contribution in [0.4, 0.5) is 0 Å². The van der Waals surface area contributed by atoms with Gasteiger partial charge in [-0.25, -0.2) is 0 Å². The van der Waals surface area contributed by atoms with E-state index in [-0.39, 0.29) is 11.8 Å². The minimum Gasteiger partial charge on any atom is -0.361 e. The number of carbonyl (C=O) groups is 1. The minimum absolute atomic E-state index is 0.171. The van der Waals surface area contributed by atoms with Gasteiger partial charge in [0.25, 0.3) is 0 Å². The molecule has 4 saturated carbocycles. The first-order chi connectivity index (χ1) is 11.4. The van der Waals surface area contributed by atoms with E-state index in [0.29, 0.717) is 5.41 Å². The zero-order chi connectivity index (χ0) is 17.1. The number of hydrogen-bond donors (Lipinski definition) is 0. The van der Waals surface area contributed by atoms with E-state index >= 15 is 0 Å². The highest BCUT2D eigenvalue weighted by atomic mass is 16.5. The van der Waals surface area contributed by atoms with Crippen molar-refractivity contribution in [3.63, 3.8) is 0 Å². The van der Waals surface area contributed by atoms with Crippen molar-refractivity contribution in [3.8, 4) is 0 Å². The molecule has 0 spiro atoms. The van der Waals surface area contributed by atoms with Crippen LogP contribution in [0.1, 0.15) is 68.4 Å². The van der Waals surface area contributed by atoms with Crippen molar-refractivity contribution in [2.75, 3.05) is 13.6 Å². The van der Waals surface area contributed by atoms with Gasteiger partial charge in [-0.1, -0.05) is 5.16 Å². The third-order valence-corrected chi connectivity index (χ3v) is 7.01. The van der Waals surface area contributed by atoms with Gasteiger partial charge in [-0.15, -0.1) is 0 Å². The van der Waals surface area contributed by atoms with E-state index in [1.165, 1.54) is 38.5 Å². The van der Waals surface area contributed by atoms with Crippen LogP contribution in [0.5, 0.6) is 0 Å². The van der Waals surface area contributed by atoms with Crippen molar-refractivity contribution in [2.24, 2.45) is 23.2 Å². The maximum atomic E-state index is 13.0.